The van der Waals surface area contributed by atoms with Gasteiger partial charge in [-0.25, -0.2) is 8.42 Å². The Balaban J connectivity index is 1.37. The molecule has 0 spiro atoms. The van der Waals surface area contributed by atoms with Crippen molar-refractivity contribution in [3.63, 3.8) is 0 Å². The molecule has 2 saturated heterocycles. The fraction of sp³-hybridized carbons (Fsp3) is 0.550. The predicted molar refractivity (Wildman–Crippen MR) is 106 cm³/mol. The van der Waals surface area contributed by atoms with Crippen molar-refractivity contribution in [2.75, 3.05) is 26.2 Å². The number of hydrogen-bond donors (Lipinski definition) is 1. The minimum Gasteiger partial charge on any atom is -0.376 e. The van der Waals surface area contributed by atoms with E-state index >= 15 is 0 Å². The number of fused-ring (bicyclic) bond motifs is 1. The third kappa shape index (κ3) is 3.81. The largest absolute Gasteiger partial charge is 0.376 e. The van der Waals surface area contributed by atoms with Gasteiger partial charge in [-0.3, -0.25) is 4.79 Å². The molecule has 2 fully saturated rings. The molecule has 4 rings (SSSR count). The highest BCUT2D eigenvalue weighted by molar-refractivity contribution is 7.89. The van der Waals surface area contributed by atoms with Crippen LogP contribution < -0.4 is 5.32 Å². The van der Waals surface area contributed by atoms with Crippen LogP contribution in [0.4, 0.5) is 0 Å². The highest BCUT2D eigenvalue weighted by Gasteiger charge is 2.32. The number of carbonyl (C=O) groups excluding carboxylic acids is 1. The molecule has 0 aliphatic carbocycles. The summed E-state index contributed by atoms with van der Waals surface area (Å²) in [5, 5.41) is 3.88. The lowest BCUT2D eigenvalue weighted by Gasteiger charge is -2.30. The third-order valence-corrected chi connectivity index (χ3v) is 7.74. The molecule has 8 heteroatoms. The van der Waals surface area contributed by atoms with Crippen LogP contribution in [0.1, 0.15) is 25.7 Å². The fourth-order valence-electron chi connectivity index (χ4n) is 4.09. The number of benzene rings is 1. The minimum atomic E-state index is -3.55. The van der Waals surface area contributed by atoms with Crippen LogP contribution in [0.25, 0.3) is 10.9 Å². The Morgan fingerprint density at radius 2 is 2.00 bits per heavy atom. The smallest absolute Gasteiger partial charge is 0.243 e. The highest BCUT2D eigenvalue weighted by atomic mass is 32.2. The van der Waals surface area contributed by atoms with Gasteiger partial charge in [0.15, 0.2) is 0 Å². The Bertz CT molecular complexity index is 955. The number of hydrogen-bond acceptors (Lipinski definition) is 4. The van der Waals surface area contributed by atoms with Crippen LogP contribution in [0.5, 0.6) is 0 Å². The van der Waals surface area contributed by atoms with Crippen molar-refractivity contribution in [3.05, 3.63) is 30.5 Å². The van der Waals surface area contributed by atoms with E-state index in [4.69, 9.17) is 4.74 Å². The first kappa shape index (κ1) is 19.4. The van der Waals surface area contributed by atoms with Gasteiger partial charge in [0, 0.05) is 56.3 Å². The molecule has 1 N–H and O–H groups in total. The number of ether oxygens (including phenoxy) is 1. The molecule has 0 unspecified atom stereocenters. The van der Waals surface area contributed by atoms with E-state index in [1.54, 1.807) is 12.1 Å². The molecule has 1 atom stereocenters. The van der Waals surface area contributed by atoms with Gasteiger partial charge in [0.05, 0.1) is 11.0 Å². The molecule has 0 radical (unpaired) electrons. The summed E-state index contributed by atoms with van der Waals surface area (Å²) >= 11 is 0. The van der Waals surface area contributed by atoms with E-state index < -0.39 is 10.0 Å². The second-order valence-electron chi connectivity index (χ2n) is 7.71. The fourth-order valence-corrected chi connectivity index (χ4v) is 5.60. The molecule has 1 aromatic carbocycles. The molecule has 0 bridgehead atoms. The lowest BCUT2D eigenvalue weighted by molar-refractivity contribution is -0.126. The van der Waals surface area contributed by atoms with Crippen LogP contribution in [0, 0.1) is 5.92 Å². The molecule has 1 amide bonds. The maximum atomic E-state index is 13.0. The Labute approximate surface area is 165 Å². The van der Waals surface area contributed by atoms with E-state index in [-0.39, 0.29) is 17.9 Å². The van der Waals surface area contributed by atoms with E-state index in [9.17, 15) is 13.2 Å². The van der Waals surface area contributed by atoms with E-state index in [0.717, 1.165) is 30.4 Å². The van der Waals surface area contributed by atoms with Crippen LogP contribution in [0.15, 0.2) is 35.4 Å². The molecular formula is C20H27N3O4S. The second kappa shape index (κ2) is 7.85. The van der Waals surface area contributed by atoms with Crippen LogP contribution >= 0.6 is 0 Å². The number of rotatable bonds is 5. The number of amides is 1. The van der Waals surface area contributed by atoms with Crippen LogP contribution in [-0.2, 0) is 26.6 Å². The van der Waals surface area contributed by atoms with Gasteiger partial charge < -0.3 is 14.6 Å². The van der Waals surface area contributed by atoms with Crippen molar-refractivity contribution in [1.82, 2.24) is 14.2 Å². The zero-order valence-corrected chi connectivity index (χ0v) is 17.0. The number of carbonyl (C=O) groups is 1. The Kier molecular flexibility index (Phi) is 5.44. The first-order valence-electron chi connectivity index (χ1n) is 9.90. The molecule has 152 valence electrons. The number of aromatic nitrogens is 1. The summed E-state index contributed by atoms with van der Waals surface area (Å²) in [7, 11) is -1.61. The van der Waals surface area contributed by atoms with Gasteiger partial charge in [-0.05, 0) is 49.9 Å². The van der Waals surface area contributed by atoms with Crippen molar-refractivity contribution < 1.29 is 17.9 Å². The number of nitrogens with zero attached hydrogens (tertiary/aromatic N) is 2. The zero-order chi connectivity index (χ0) is 19.7. The molecule has 7 nitrogen and oxygen atoms in total. The molecular weight excluding hydrogens is 378 g/mol. The predicted octanol–water partition coefficient (Wildman–Crippen LogP) is 1.87. The summed E-state index contributed by atoms with van der Waals surface area (Å²) in [5.74, 6) is -0.122. The minimum absolute atomic E-state index is 0.0123. The first-order chi connectivity index (χ1) is 13.4. The van der Waals surface area contributed by atoms with E-state index in [1.807, 2.05) is 29.9 Å². The topological polar surface area (TPSA) is 80.6 Å². The Morgan fingerprint density at radius 1 is 1.21 bits per heavy atom. The number of aryl methyl sites for hydroxylation is 1. The van der Waals surface area contributed by atoms with Crippen molar-refractivity contribution in [1.29, 1.82) is 0 Å². The maximum absolute atomic E-state index is 13.0. The van der Waals surface area contributed by atoms with Gasteiger partial charge in [0.1, 0.15) is 0 Å². The standard InChI is InChI=1S/C20H27N3O4S/c1-22-9-6-16-13-18(4-5-19(16)22)28(25,26)23-10-7-15(8-11-23)20(24)21-14-17-3-2-12-27-17/h4-6,9,13,15,17H,2-3,7-8,10-12,14H2,1H3,(H,21,24)/t17-/m1/s1. The van der Waals surface area contributed by atoms with Crippen molar-refractivity contribution >= 4 is 26.8 Å². The van der Waals surface area contributed by atoms with E-state index in [2.05, 4.69) is 5.32 Å². The van der Waals surface area contributed by atoms with Crippen molar-refractivity contribution in [2.45, 2.75) is 36.7 Å². The van der Waals surface area contributed by atoms with Gasteiger partial charge >= 0.3 is 0 Å². The molecule has 2 aliphatic rings. The van der Waals surface area contributed by atoms with Gasteiger partial charge in [0.2, 0.25) is 15.9 Å². The second-order valence-corrected chi connectivity index (χ2v) is 9.64. The average Bonchev–Trinajstić information content (AvgIpc) is 3.36. The SMILES string of the molecule is Cn1ccc2cc(S(=O)(=O)N3CCC(C(=O)NC[C@H]4CCCO4)CC3)ccc21. The van der Waals surface area contributed by atoms with Crippen LogP contribution in [0.2, 0.25) is 0 Å². The summed E-state index contributed by atoms with van der Waals surface area (Å²) in [6.07, 6.45) is 5.17. The lowest BCUT2D eigenvalue weighted by atomic mass is 9.97. The summed E-state index contributed by atoms with van der Waals surface area (Å²) < 4.78 is 35.0. The van der Waals surface area contributed by atoms with Gasteiger partial charge in [-0.2, -0.15) is 4.31 Å². The monoisotopic (exact) mass is 405 g/mol. The van der Waals surface area contributed by atoms with Crippen molar-refractivity contribution in [3.8, 4) is 0 Å². The third-order valence-electron chi connectivity index (χ3n) is 5.85. The summed E-state index contributed by atoms with van der Waals surface area (Å²) in [4.78, 5) is 12.7. The number of nitrogens with one attached hydrogen (secondary N) is 1. The average molecular weight is 406 g/mol. The van der Waals surface area contributed by atoms with Crippen LogP contribution in [-0.4, -0.2) is 55.5 Å². The summed E-state index contributed by atoms with van der Waals surface area (Å²) in [5.41, 5.74) is 1.00. The Morgan fingerprint density at radius 3 is 2.71 bits per heavy atom. The number of piperidine rings is 1. The molecule has 1 aromatic heterocycles. The first-order valence-corrected chi connectivity index (χ1v) is 11.3. The van der Waals surface area contributed by atoms with Gasteiger partial charge in [-0.1, -0.05) is 0 Å². The summed E-state index contributed by atoms with van der Waals surface area (Å²) in [6, 6.07) is 7.15. The lowest BCUT2D eigenvalue weighted by Crippen LogP contribution is -2.44. The summed E-state index contributed by atoms with van der Waals surface area (Å²) in [6.45, 7) is 2.06. The Hall–Kier alpha value is -1.90. The van der Waals surface area contributed by atoms with Crippen molar-refractivity contribution in [2.24, 2.45) is 13.0 Å². The quantitative estimate of drug-likeness (QED) is 0.824. The molecule has 3 heterocycles. The van der Waals surface area contributed by atoms with Gasteiger partial charge in [0.25, 0.3) is 0 Å². The van der Waals surface area contributed by atoms with Crippen LogP contribution in [0.3, 0.4) is 0 Å². The van der Waals surface area contributed by atoms with E-state index in [1.165, 1.54) is 4.31 Å². The van der Waals surface area contributed by atoms with E-state index in [0.29, 0.717) is 37.4 Å². The maximum Gasteiger partial charge on any atom is 0.243 e. The number of sulfonamides is 1. The molecule has 2 aliphatic heterocycles. The molecule has 0 saturated carbocycles. The highest BCUT2D eigenvalue weighted by Crippen LogP contribution is 2.26. The molecule has 2 aromatic rings. The van der Waals surface area contributed by atoms with Gasteiger partial charge in [-0.15, -0.1) is 0 Å². The molecule has 28 heavy (non-hydrogen) atoms. The zero-order valence-electron chi connectivity index (χ0n) is 16.1. The normalized spacial score (nSPS) is 22.0.